The first-order valence-corrected chi connectivity index (χ1v) is 12.9. The Labute approximate surface area is 200 Å². The van der Waals surface area contributed by atoms with Gasteiger partial charge in [0.2, 0.25) is 17.7 Å². The van der Waals surface area contributed by atoms with Crippen molar-refractivity contribution in [1.29, 1.82) is 0 Å². The summed E-state index contributed by atoms with van der Waals surface area (Å²) >= 11 is 1.69. The fourth-order valence-electron chi connectivity index (χ4n) is 5.98. The summed E-state index contributed by atoms with van der Waals surface area (Å²) < 4.78 is -0.550. The highest BCUT2D eigenvalue weighted by molar-refractivity contribution is 8.02. The van der Waals surface area contributed by atoms with Crippen LogP contribution in [0.1, 0.15) is 49.7 Å². The smallest absolute Gasteiger partial charge is 0.248 e. The molecule has 4 rings (SSSR count). The highest BCUT2D eigenvalue weighted by atomic mass is 32.2. The molecule has 3 saturated heterocycles. The molecule has 0 radical (unpaired) electrons. The Hall–Kier alpha value is -2.06. The quantitative estimate of drug-likeness (QED) is 0.479. The topological polar surface area (TPSA) is 98.7 Å². The van der Waals surface area contributed by atoms with Crippen molar-refractivity contribution < 1.29 is 19.5 Å². The minimum absolute atomic E-state index is 0.0541. The first kappa shape index (κ1) is 24.1. The SMILES string of the molecule is CNC(=O)[C@@H]1[C@H]2C(=O)N(CCCCCCO)C(C(=O)Nc3cc(C)ccc3C)C23CC[C@H]1S3. The maximum atomic E-state index is 13.8. The number of thioether (sulfide) groups is 1. The Kier molecular flexibility index (Phi) is 7.05. The number of carbonyl (C=O) groups excluding carboxylic acids is 3. The van der Waals surface area contributed by atoms with E-state index in [0.717, 1.165) is 55.3 Å². The standard InChI is InChI=1S/C25H35N3O4S/c1-15-8-9-16(2)17(14-15)27-23(31)21-25-11-10-18(33-25)19(22(30)26-3)20(25)24(32)28(21)12-6-4-5-7-13-29/h8-9,14,18-21,29H,4-7,10-13H2,1-3H3,(H,26,30)(H,27,31)/t18-,19+,20+,21?,25?/m1/s1. The first-order valence-electron chi connectivity index (χ1n) is 12.0. The number of likely N-dealkylation sites (tertiary alicyclic amines) is 1. The average molecular weight is 474 g/mol. The van der Waals surface area contributed by atoms with E-state index >= 15 is 0 Å². The van der Waals surface area contributed by atoms with Gasteiger partial charge in [0.15, 0.2) is 0 Å². The lowest BCUT2D eigenvalue weighted by molar-refractivity contribution is -0.139. The number of hydrogen-bond donors (Lipinski definition) is 3. The second-order valence-electron chi connectivity index (χ2n) is 9.65. The molecule has 3 fully saturated rings. The fourth-order valence-corrected chi connectivity index (χ4v) is 8.20. The van der Waals surface area contributed by atoms with Crippen molar-refractivity contribution in [1.82, 2.24) is 10.2 Å². The van der Waals surface area contributed by atoms with E-state index in [-0.39, 0.29) is 35.5 Å². The van der Waals surface area contributed by atoms with Gasteiger partial charge in [0.05, 0.1) is 16.6 Å². The number of aliphatic hydroxyl groups excluding tert-OH is 1. The number of rotatable bonds is 9. The second-order valence-corrected chi connectivity index (χ2v) is 11.2. The Bertz CT molecular complexity index is 938. The lowest BCUT2D eigenvalue weighted by Crippen LogP contribution is -2.51. The van der Waals surface area contributed by atoms with Gasteiger partial charge in [0, 0.05) is 31.1 Å². The van der Waals surface area contributed by atoms with Crippen LogP contribution in [0.3, 0.4) is 0 Å². The summed E-state index contributed by atoms with van der Waals surface area (Å²) in [6.07, 6.45) is 4.93. The van der Waals surface area contributed by atoms with Crippen molar-refractivity contribution in [2.75, 3.05) is 25.5 Å². The van der Waals surface area contributed by atoms with Gasteiger partial charge in [-0.15, -0.1) is 11.8 Å². The molecule has 0 aromatic heterocycles. The third-order valence-corrected chi connectivity index (χ3v) is 9.51. The molecule has 3 N–H and O–H groups in total. The number of benzene rings is 1. The zero-order valence-electron chi connectivity index (χ0n) is 19.7. The number of nitrogens with zero attached hydrogens (tertiary/aromatic N) is 1. The number of nitrogens with one attached hydrogen (secondary N) is 2. The fraction of sp³-hybridized carbons (Fsp3) is 0.640. The van der Waals surface area contributed by atoms with Crippen LogP contribution in [-0.2, 0) is 14.4 Å². The predicted octanol–water partition coefficient (Wildman–Crippen LogP) is 2.63. The zero-order valence-corrected chi connectivity index (χ0v) is 20.5. The molecule has 5 atom stereocenters. The van der Waals surface area contributed by atoms with Crippen LogP contribution in [0.4, 0.5) is 5.69 Å². The van der Waals surface area contributed by atoms with Crippen LogP contribution in [0.5, 0.6) is 0 Å². The summed E-state index contributed by atoms with van der Waals surface area (Å²) in [5, 5.41) is 15.0. The zero-order chi connectivity index (χ0) is 23.8. The molecule has 0 aliphatic carbocycles. The van der Waals surface area contributed by atoms with Crippen LogP contribution >= 0.6 is 11.8 Å². The van der Waals surface area contributed by atoms with E-state index in [9.17, 15) is 14.4 Å². The molecule has 2 bridgehead atoms. The molecule has 0 saturated carbocycles. The molecule has 180 valence electrons. The van der Waals surface area contributed by atoms with Crippen LogP contribution in [0.25, 0.3) is 0 Å². The Balaban J connectivity index is 1.63. The Morgan fingerprint density at radius 3 is 2.67 bits per heavy atom. The Morgan fingerprint density at radius 2 is 1.94 bits per heavy atom. The summed E-state index contributed by atoms with van der Waals surface area (Å²) in [4.78, 5) is 42.0. The molecule has 1 aromatic rings. The molecular weight excluding hydrogens is 438 g/mol. The van der Waals surface area contributed by atoms with Gasteiger partial charge in [-0.3, -0.25) is 14.4 Å². The summed E-state index contributed by atoms with van der Waals surface area (Å²) in [5.41, 5.74) is 2.82. The van der Waals surface area contributed by atoms with Gasteiger partial charge in [-0.25, -0.2) is 0 Å². The molecule has 3 amide bonds. The lowest BCUT2D eigenvalue weighted by atomic mass is 9.70. The second kappa shape index (κ2) is 9.66. The number of fused-ring (bicyclic) bond motifs is 1. The van der Waals surface area contributed by atoms with Crippen molar-refractivity contribution >= 4 is 35.2 Å². The van der Waals surface area contributed by atoms with E-state index < -0.39 is 16.7 Å². The molecule has 33 heavy (non-hydrogen) atoms. The maximum absolute atomic E-state index is 13.8. The molecule has 7 nitrogen and oxygen atoms in total. The van der Waals surface area contributed by atoms with Gasteiger partial charge in [-0.05, 0) is 56.7 Å². The largest absolute Gasteiger partial charge is 0.396 e. The molecule has 3 aliphatic heterocycles. The van der Waals surface area contributed by atoms with Gasteiger partial charge in [-0.2, -0.15) is 0 Å². The van der Waals surface area contributed by atoms with E-state index in [4.69, 9.17) is 5.11 Å². The van der Waals surface area contributed by atoms with E-state index in [2.05, 4.69) is 10.6 Å². The number of carbonyl (C=O) groups is 3. The minimum Gasteiger partial charge on any atom is -0.396 e. The Morgan fingerprint density at radius 1 is 1.18 bits per heavy atom. The number of amides is 3. The third kappa shape index (κ3) is 4.16. The number of aliphatic hydroxyl groups is 1. The highest BCUT2D eigenvalue weighted by Crippen LogP contribution is 2.66. The van der Waals surface area contributed by atoms with Crippen LogP contribution in [0.2, 0.25) is 0 Å². The van der Waals surface area contributed by atoms with Crippen molar-refractivity contribution in [3.8, 4) is 0 Å². The molecular formula is C25H35N3O4S. The van der Waals surface area contributed by atoms with Gasteiger partial charge in [0.25, 0.3) is 0 Å². The normalized spacial score (nSPS) is 29.9. The van der Waals surface area contributed by atoms with Crippen LogP contribution in [0, 0.1) is 25.7 Å². The summed E-state index contributed by atoms with van der Waals surface area (Å²) in [5.74, 6) is -1.13. The molecule has 3 heterocycles. The number of unbranched alkanes of at least 4 members (excludes halogenated alkanes) is 3. The monoisotopic (exact) mass is 473 g/mol. The maximum Gasteiger partial charge on any atom is 0.248 e. The van der Waals surface area contributed by atoms with Crippen molar-refractivity contribution in [2.45, 2.75) is 68.4 Å². The van der Waals surface area contributed by atoms with Crippen molar-refractivity contribution in [3.63, 3.8) is 0 Å². The van der Waals surface area contributed by atoms with Gasteiger partial charge in [0.1, 0.15) is 6.04 Å². The summed E-state index contributed by atoms with van der Waals surface area (Å²) in [7, 11) is 1.62. The average Bonchev–Trinajstić information content (AvgIpc) is 3.43. The predicted molar refractivity (Wildman–Crippen MR) is 130 cm³/mol. The van der Waals surface area contributed by atoms with Crippen LogP contribution < -0.4 is 10.6 Å². The molecule has 2 unspecified atom stereocenters. The van der Waals surface area contributed by atoms with E-state index in [1.165, 1.54) is 0 Å². The molecule has 1 aromatic carbocycles. The third-order valence-electron chi connectivity index (χ3n) is 7.56. The summed E-state index contributed by atoms with van der Waals surface area (Å²) in [6, 6.07) is 5.38. The van der Waals surface area contributed by atoms with Gasteiger partial charge < -0.3 is 20.6 Å². The molecule has 3 aliphatic rings. The highest BCUT2D eigenvalue weighted by Gasteiger charge is 2.73. The number of anilines is 1. The van der Waals surface area contributed by atoms with Gasteiger partial charge in [-0.1, -0.05) is 25.0 Å². The van der Waals surface area contributed by atoms with Crippen molar-refractivity contribution in [3.05, 3.63) is 29.3 Å². The van der Waals surface area contributed by atoms with E-state index in [1.54, 1.807) is 23.7 Å². The van der Waals surface area contributed by atoms with Crippen LogP contribution in [-0.4, -0.2) is 64.0 Å². The van der Waals surface area contributed by atoms with Crippen LogP contribution in [0.15, 0.2) is 18.2 Å². The van der Waals surface area contributed by atoms with E-state index in [0.29, 0.717) is 6.54 Å². The number of hydrogen-bond acceptors (Lipinski definition) is 5. The van der Waals surface area contributed by atoms with Crippen molar-refractivity contribution in [2.24, 2.45) is 11.8 Å². The summed E-state index contributed by atoms with van der Waals surface area (Å²) in [6.45, 7) is 4.62. The van der Waals surface area contributed by atoms with E-state index in [1.807, 2.05) is 32.0 Å². The molecule has 1 spiro atoms. The first-order chi connectivity index (χ1) is 15.8. The lowest BCUT2D eigenvalue weighted by Gasteiger charge is -2.34. The van der Waals surface area contributed by atoms with Gasteiger partial charge >= 0.3 is 0 Å². The minimum atomic E-state index is -0.586. The number of aryl methyl sites for hydroxylation is 2. The molecule has 8 heteroatoms.